The van der Waals surface area contributed by atoms with Crippen molar-refractivity contribution in [1.82, 2.24) is 4.98 Å². The molecule has 0 radical (unpaired) electrons. The number of halogens is 2. The topological polar surface area (TPSA) is 15.8 Å². The number of H-pyrrole nitrogens is 1. The quantitative estimate of drug-likeness (QED) is 0.711. The highest BCUT2D eigenvalue weighted by molar-refractivity contribution is 9.10. The van der Waals surface area contributed by atoms with Crippen molar-refractivity contribution in [2.45, 2.75) is 6.92 Å². The fourth-order valence-electron chi connectivity index (χ4n) is 1.27. The van der Waals surface area contributed by atoms with Gasteiger partial charge in [0, 0.05) is 21.1 Å². The van der Waals surface area contributed by atoms with E-state index >= 15 is 0 Å². The van der Waals surface area contributed by atoms with Crippen molar-refractivity contribution in [2.75, 3.05) is 0 Å². The Hall–Kier alpha value is -0.830. The Kier molecular flexibility index (Phi) is 1.68. The van der Waals surface area contributed by atoms with Gasteiger partial charge in [-0.05, 0) is 41.1 Å². The number of rotatable bonds is 0. The third-order valence-electron chi connectivity index (χ3n) is 1.87. The second kappa shape index (κ2) is 2.59. The SMILES string of the molecule is Cc1[nH]c2cc(F)ccc2c1Br. The van der Waals surface area contributed by atoms with Gasteiger partial charge in [0.1, 0.15) is 5.82 Å². The van der Waals surface area contributed by atoms with Gasteiger partial charge in [0.05, 0.1) is 0 Å². The molecule has 1 aromatic carbocycles. The van der Waals surface area contributed by atoms with Crippen LogP contribution in [-0.4, -0.2) is 4.98 Å². The molecule has 0 amide bonds. The highest BCUT2D eigenvalue weighted by atomic mass is 79.9. The van der Waals surface area contributed by atoms with E-state index in [1.807, 2.05) is 6.92 Å². The number of aromatic nitrogens is 1. The Morgan fingerprint density at radius 1 is 1.42 bits per heavy atom. The molecule has 0 aliphatic heterocycles. The zero-order valence-electron chi connectivity index (χ0n) is 6.49. The number of hydrogen-bond donors (Lipinski definition) is 1. The molecule has 1 nitrogen and oxygen atoms in total. The molecule has 2 aromatic rings. The maximum absolute atomic E-state index is 12.7. The van der Waals surface area contributed by atoms with Crippen molar-refractivity contribution in [3.63, 3.8) is 0 Å². The van der Waals surface area contributed by atoms with Crippen molar-refractivity contribution in [2.24, 2.45) is 0 Å². The molecule has 3 heteroatoms. The van der Waals surface area contributed by atoms with Gasteiger partial charge in [0.25, 0.3) is 0 Å². The lowest BCUT2D eigenvalue weighted by atomic mass is 10.2. The van der Waals surface area contributed by atoms with Crippen molar-refractivity contribution < 1.29 is 4.39 Å². The van der Waals surface area contributed by atoms with Crippen LogP contribution in [0.15, 0.2) is 22.7 Å². The third-order valence-corrected chi connectivity index (χ3v) is 2.89. The van der Waals surface area contributed by atoms with E-state index < -0.39 is 0 Å². The number of benzene rings is 1. The van der Waals surface area contributed by atoms with Gasteiger partial charge in [-0.2, -0.15) is 0 Å². The Bertz CT molecular complexity index is 433. The fourth-order valence-corrected chi connectivity index (χ4v) is 1.72. The molecule has 12 heavy (non-hydrogen) atoms. The maximum Gasteiger partial charge on any atom is 0.125 e. The predicted molar refractivity (Wildman–Crippen MR) is 50.7 cm³/mol. The lowest BCUT2D eigenvalue weighted by Crippen LogP contribution is -1.72. The molecule has 0 saturated carbocycles. The maximum atomic E-state index is 12.7. The number of nitrogens with one attached hydrogen (secondary N) is 1. The average Bonchev–Trinajstić information content (AvgIpc) is 2.28. The van der Waals surface area contributed by atoms with Crippen LogP contribution in [0.5, 0.6) is 0 Å². The summed E-state index contributed by atoms with van der Waals surface area (Å²) in [4.78, 5) is 3.08. The summed E-state index contributed by atoms with van der Waals surface area (Å²) in [6.07, 6.45) is 0. The minimum absolute atomic E-state index is 0.212. The van der Waals surface area contributed by atoms with Crippen LogP contribution < -0.4 is 0 Å². The summed E-state index contributed by atoms with van der Waals surface area (Å²) < 4.78 is 13.8. The Morgan fingerprint density at radius 3 is 2.92 bits per heavy atom. The molecule has 0 bridgehead atoms. The van der Waals surface area contributed by atoms with Gasteiger partial charge in [0.15, 0.2) is 0 Å². The minimum atomic E-state index is -0.212. The number of aryl methyl sites for hydroxylation is 1. The van der Waals surface area contributed by atoms with E-state index in [1.165, 1.54) is 12.1 Å². The van der Waals surface area contributed by atoms with Gasteiger partial charge < -0.3 is 4.98 Å². The molecule has 1 aromatic heterocycles. The summed E-state index contributed by atoms with van der Waals surface area (Å²) in [7, 11) is 0. The van der Waals surface area contributed by atoms with E-state index in [9.17, 15) is 4.39 Å². The third kappa shape index (κ3) is 1.05. The summed E-state index contributed by atoms with van der Waals surface area (Å²) in [5.41, 5.74) is 1.86. The average molecular weight is 228 g/mol. The fraction of sp³-hybridized carbons (Fsp3) is 0.111. The van der Waals surface area contributed by atoms with Gasteiger partial charge in [-0.3, -0.25) is 0 Å². The van der Waals surface area contributed by atoms with E-state index in [0.29, 0.717) is 0 Å². The molecule has 62 valence electrons. The molecule has 0 spiro atoms. The minimum Gasteiger partial charge on any atom is -0.358 e. The van der Waals surface area contributed by atoms with E-state index in [4.69, 9.17) is 0 Å². The van der Waals surface area contributed by atoms with Crippen LogP contribution in [0.25, 0.3) is 10.9 Å². The summed E-state index contributed by atoms with van der Waals surface area (Å²) in [6, 6.07) is 4.71. The molecule has 1 heterocycles. The van der Waals surface area contributed by atoms with E-state index in [-0.39, 0.29) is 5.82 Å². The first kappa shape index (κ1) is 7.80. The van der Waals surface area contributed by atoms with Gasteiger partial charge in [0.2, 0.25) is 0 Å². The van der Waals surface area contributed by atoms with Gasteiger partial charge in [-0.25, -0.2) is 4.39 Å². The molecule has 0 fully saturated rings. The number of hydrogen-bond acceptors (Lipinski definition) is 0. The molecule has 0 atom stereocenters. The van der Waals surface area contributed by atoms with Gasteiger partial charge in [-0.15, -0.1) is 0 Å². The van der Waals surface area contributed by atoms with Crippen LogP contribution in [0.1, 0.15) is 5.69 Å². The molecule has 0 saturated heterocycles. The summed E-state index contributed by atoms with van der Waals surface area (Å²) >= 11 is 3.42. The van der Waals surface area contributed by atoms with Crippen molar-refractivity contribution in [1.29, 1.82) is 0 Å². The summed E-state index contributed by atoms with van der Waals surface area (Å²) in [5.74, 6) is -0.212. The Balaban J connectivity index is 2.87. The largest absolute Gasteiger partial charge is 0.358 e. The van der Waals surface area contributed by atoms with Crippen molar-refractivity contribution in [3.05, 3.63) is 34.2 Å². The second-order valence-electron chi connectivity index (χ2n) is 2.75. The smallest absolute Gasteiger partial charge is 0.125 e. The number of fused-ring (bicyclic) bond motifs is 1. The molecule has 1 N–H and O–H groups in total. The molecule has 2 rings (SSSR count). The first-order valence-electron chi connectivity index (χ1n) is 3.62. The first-order chi connectivity index (χ1) is 5.68. The molecular weight excluding hydrogens is 221 g/mol. The van der Waals surface area contributed by atoms with Crippen LogP contribution in [0.2, 0.25) is 0 Å². The van der Waals surface area contributed by atoms with Crippen molar-refractivity contribution in [3.8, 4) is 0 Å². The van der Waals surface area contributed by atoms with Crippen LogP contribution in [-0.2, 0) is 0 Å². The van der Waals surface area contributed by atoms with Crippen LogP contribution in [0, 0.1) is 12.7 Å². The molecular formula is C9H7BrFN. The lowest BCUT2D eigenvalue weighted by molar-refractivity contribution is 0.629. The molecule has 0 aliphatic carbocycles. The number of aromatic amines is 1. The van der Waals surface area contributed by atoms with Gasteiger partial charge in [-0.1, -0.05) is 0 Å². The van der Waals surface area contributed by atoms with Crippen LogP contribution in [0.4, 0.5) is 4.39 Å². The summed E-state index contributed by atoms with van der Waals surface area (Å²) in [6.45, 7) is 1.95. The van der Waals surface area contributed by atoms with E-state index in [2.05, 4.69) is 20.9 Å². The standard InChI is InChI=1S/C9H7BrFN/c1-5-9(10)7-3-2-6(11)4-8(7)12-5/h2-4,12H,1H3. The highest BCUT2D eigenvalue weighted by Crippen LogP contribution is 2.27. The Labute approximate surface area is 77.7 Å². The lowest BCUT2D eigenvalue weighted by Gasteiger charge is -1.89. The zero-order valence-corrected chi connectivity index (χ0v) is 8.07. The normalized spacial score (nSPS) is 10.9. The molecule has 0 unspecified atom stereocenters. The second-order valence-corrected chi connectivity index (χ2v) is 3.55. The monoisotopic (exact) mass is 227 g/mol. The van der Waals surface area contributed by atoms with E-state index in [0.717, 1.165) is 21.1 Å². The molecule has 0 aliphatic rings. The van der Waals surface area contributed by atoms with Gasteiger partial charge >= 0.3 is 0 Å². The summed E-state index contributed by atoms with van der Waals surface area (Å²) in [5, 5.41) is 1.02. The highest BCUT2D eigenvalue weighted by Gasteiger charge is 2.04. The van der Waals surface area contributed by atoms with E-state index in [1.54, 1.807) is 6.07 Å². The first-order valence-corrected chi connectivity index (χ1v) is 4.41. The zero-order chi connectivity index (χ0) is 8.72. The Morgan fingerprint density at radius 2 is 2.17 bits per heavy atom. The van der Waals surface area contributed by atoms with Crippen LogP contribution >= 0.6 is 15.9 Å². The van der Waals surface area contributed by atoms with Crippen LogP contribution in [0.3, 0.4) is 0 Å². The predicted octanol–water partition coefficient (Wildman–Crippen LogP) is 3.38. The van der Waals surface area contributed by atoms with Crippen molar-refractivity contribution >= 4 is 26.8 Å².